The topological polar surface area (TPSA) is 43.6 Å². The minimum absolute atomic E-state index is 0.629. The third-order valence-corrected chi connectivity index (χ3v) is 10.3. The van der Waals surface area contributed by atoms with Crippen LogP contribution in [0.5, 0.6) is 0 Å². The van der Waals surface area contributed by atoms with Crippen LogP contribution in [0.15, 0.2) is 206 Å². The summed E-state index contributed by atoms with van der Waals surface area (Å²) in [6.45, 7) is 0. The van der Waals surface area contributed by atoms with Crippen molar-refractivity contribution in [1.29, 1.82) is 0 Å². The van der Waals surface area contributed by atoms with Crippen molar-refractivity contribution in [2.45, 2.75) is 0 Å². The summed E-state index contributed by atoms with van der Waals surface area (Å²) in [6.07, 6.45) is 0. The van der Waals surface area contributed by atoms with Crippen molar-refractivity contribution < 1.29 is 0 Å². The van der Waals surface area contributed by atoms with E-state index in [2.05, 4.69) is 174 Å². The van der Waals surface area contributed by atoms with Gasteiger partial charge in [0.2, 0.25) is 0 Å². The minimum atomic E-state index is 0.629. The smallest absolute Gasteiger partial charge is 0.164 e. The van der Waals surface area contributed by atoms with Gasteiger partial charge in [-0.3, -0.25) is 0 Å². The Labute approximate surface area is 319 Å². The van der Waals surface area contributed by atoms with E-state index in [1.54, 1.807) is 0 Å². The molecule has 55 heavy (non-hydrogen) atoms. The second-order valence-corrected chi connectivity index (χ2v) is 13.7. The predicted molar refractivity (Wildman–Crippen MR) is 227 cm³/mol. The minimum Gasteiger partial charge on any atom is -0.309 e. The standard InChI is InChI=1S/C51H34N4/c1-4-13-35(14-5-1)37-23-25-38(26-24-37)42-29-32-46-45-21-10-11-22-47(45)55(48(46)34-42)44-30-27-40(28-31-44)50-52-49(39-17-8-3-9-18-39)53-51(54-50)43-20-12-19-41(33-43)36-15-6-2-7-16-36/h1-34H. The summed E-state index contributed by atoms with van der Waals surface area (Å²) >= 11 is 0. The second-order valence-electron chi connectivity index (χ2n) is 13.7. The van der Waals surface area contributed by atoms with Crippen molar-refractivity contribution in [3.05, 3.63) is 206 Å². The Morgan fingerprint density at radius 1 is 0.255 bits per heavy atom. The number of aromatic nitrogens is 4. The molecule has 0 aliphatic rings. The van der Waals surface area contributed by atoms with E-state index in [9.17, 15) is 0 Å². The van der Waals surface area contributed by atoms with Crippen LogP contribution in [0.25, 0.3) is 95.0 Å². The summed E-state index contributed by atoms with van der Waals surface area (Å²) < 4.78 is 2.36. The van der Waals surface area contributed by atoms with E-state index in [0.29, 0.717) is 17.5 Å². The fraction of sp³-hybridized carbons (Fsp3) is 0. The zero-order valence-corrected chi connectivity index (χ0v) is 29.9. The molecule has 0 radical (unpaired) electrons. The first-order valence-electron chi connectivity index (χ1n) is 18.5. The molecule has 4 heteroatoms. The number of hydrogen-bond acceptors (Lipinski definition) is 3. The summed E-state index contributed by atoms with van der Waals surface area (Å²) in [5, 5.41) is 2.44. The highest BCUT2D eigenvalue weighted by molar-refractivity contribution is 6.10. The number of para-hydroxylation sites is 1. The normalized spacial score (nSPS) is 11.3. The molecule has 0 fully saturated rings. The maximum absolute atomic E-state index is 5.07. The van der Waals surface area contributed by atoms with Crippen molar-refractivity contribution in [3.63, 3.8) is 0 Å². The van der Waals surface area contributed by atoms with Gasteiger partial charge in [-0.25, -0.2) is 15.0 Å². The van der Waals surface area contributed by atoms with Crippen molar-refractivity contribution in [2.24, 2.45) is 0 Å². The first-order chi connectivity index (χ1) is 27.2. The van der Waals surface area contributed by atoms with E-state index in [0.717, 1.165) is 44.5 Å². The Morgan fingerprint density at radius 3 is 1.31 bits per heavy atom. The molecule has 4 nitrogen and oxygen atoms in total. The predicted octanol–water partition coefficient (Wildman–Crippen LogP) is 13.0. The quantitative estimate of drug-likeness (QED) is 0.166. The van der Waals surface area contributed by atoms with Crippen LogP contribution in [0.3, 0.4) is 0 Å². The highest BCUT2D eigenvalue weighted by Crippen LogP contribution is 2.36. The number of nitrogens with zero attached hydrogens (tertiary/aromatic N) is 4. The SMILES string of the molecule is c1ccc(-c2ccc(-c3ccc4c5ccccc5n(-c5ccc(-c6nc(-c7ccccc7)nc(-c7cccc(-c8ccccc8)c7)n6)cc5)c4c3)cc2)cc1. The molecule has 0 aliphatic carbocycles. The van der Waals surface area contributed by atoms with Crippen LogP contribution in [0.2, 0.25) is 0 Å². The Balaban J connectivity index is 1.05. The fourth-order valence-corrected chi connectivity index (χ4v) is 7.49. The van der Waals surface area contributed by atoms with Crippen LogP contribution in [-0.2, 0) is 0 Å². The monoisotopic (exact) mass is 702 g/mol. The van der Waals surface area contributed by atoms with Gasteiger partial charge in [0, 0.05) is 33.2 Å². The lowest BCUT2D eigenvalue weighted by Gasteiger charge is -2.12. The van der Waals surface area contributed by atoms with Crippen molar-refractivity contribution in [1.82, 2.24) is 19.5 Å². The lowest BCUT2D eigenvalue weighted by Crippen LogP contribution is -2.00. The average molecular weight is 703 g/mol. The van der Waals surface area contributed by atoms with Crippen LogP contribution in [-0.4, -0.2) is 19.5 Å². The molecule has 0 saturated carbocycles. The molecule has 10 rings (SSSR count). The Kier molecular flexibility index (Phi) is 8.12. The summed E-state index contributed by atoms with van der Waals surface area (Å²) in [7, 11) is 0. The van der Waals surface area contributed by atoms with Crippen LogP contribution < -0.4 is 0 Å². The van der Waals surface area contributed by atoms with E-state index in [1.165, 1.54) is 33.0 Å². The molecule has 0 N–H and O–H groups in total. The van der Waals surface area contributed by atoms with Crippen molar-refractivity contribution in [3.8, 4) is 73.2 Å². The van der Waals surface area contributed by atoms with E-state index < -0.39 is 0 Å². The molecule has 0 spiro atoms. The summed E-state index contributed by atoms with van der Waals surface area (Å²) in [4.78, 5) is 15.1. The van der Waals surface area contributed by atoms with Gasteiger partial charge in [-0.1, -0.05) is 164 Å². The van der Waals surface area contributed by atoms with Gasteiger partial charge in [0.15, 0.2) is 17.5 Å². The van der Waals surface area contributed by atoms with Gasteiger partial charge < -0.3 is 4.57 Å². The fourth-order valence-electron chi connectivity index (χ4n) is 7.49. The molecule has 0 atom stereocenters. The molecule has 0 bridgehead atoms. The van der Waals surface area contributed by atoms with Crippen LogP contribution >= 0.6 is 0 Å². The highest BCUT2D eigenvalue weighted by Gasteiger charge is 2.16. The molecular formula is C51H34N4. The van der Waals surface area contributed by atoms with Gasteiger partial charge in [-0.2, -0.15) is 0 Å². The van der Waals surface area contributed by atoms with Crippen LogP contribution in [0.4, 0.5) is 0 Å². The van der Waals surface area contributed by atoms with Crippen LogP contribution in [0.1, 0.15) is 0 Å². The van der Waals surface area contributed by atoms with E-state index in [1.807, 2.05) is 36.4 Å². The molecule has 8 aromatic carbocycles. The zero-order chi connectivity index (χ0) is 36.6. The second kappa shape index (κ2) is 13.8. The molecule has 0 unspecified atom stereocenters. The third-order valence-electron chi connectivity index (χ3n) is 10.3. The number of benzene rings is 8. The third kappa shape index (κ3) is 6.16. The summed E-state index contributed by atoms with van der Waals surface area (Å²) in [5.41, 5.74) is 13.2. The van der Waals surface area contributed by atoms with Crippen LogP contribution in [0, 0.1) is 0 Å². The van der Waals surface area contributed by atoms with Gasteiger partial charge >= 0.3 is 0 Å². The Bertz CT molecular complexity index is 2930. The van der Waals surface area contributed by atoms with Gasteiger partial charge in [0.05, 0.1) is 11.0 Å². The molecule has 10 aromatic rings. The zero-order valence-electron chi connectivity index (χ0n) is 29.9. The van der Waals surface area contributed by atoms with E-state index >= 15 is 0 Å². The van der Waals surface area contributed by atoms with Crippen molar-refractivity contribution in [2.75, 3.05) is 0 Å². The lowest BCUT2D eigenvalue weighted by atomic mass is 9.99. The first kappa shape index (κ1) is 32.2. The average Bonchev–Trinajstić information content (AvgIpc) is 3.61. The largest absolute Gasteiger partial charge is 0.309 e. The molecular weight excluding hydrogens is 669 g/mol. The van der Waals surface area contributed by atoms with E-state index in [-0.39, 0.29) is 0 Å². The molecule has 0 aliphatic heterocycles. The maximum atomic E-state index is 5.07. The Hall–Kier alpha value is -7.43. The van der Waals surface area contributed by atoms with Gasteiger partial charge in [0.1, 0.15) is 0 Å². The van der Waals surface area contributed by atoms with E-state index in [4.69, 9.17) is 15.0 Å². The van der Waals surface area contributed by atoms with Crippen molar-refractivity contribution >= 4 is 21.8 Å². The summed E-state index contributed by atoms with van der Waals surface area (Å²) in [6, 6.07) is 72.3. The molecule has 258 valence electrons. The molecule has 2 aromatic heterocycles. The number of rotatable bonds is 7. The molecule has 0 amide bonds. The Morgan fingerprint density at radius 2 is 0.655 bits per heavy atom. The summed E-state index contributed by atoms with van der Waals surface area (Å²) in [5.74, 6) is 1.91. The molecule has 0 saturated heterocycles. The van der Waals surface area contributed by atoms with Gasteiger partial charge in [-0.15, -0.1) is 0 Å². The highest BCUT2D eigenvalue weighted by atomic mass is 15.0. The van der Waals surface area contributed by atoms with Gasteiger partial charge in [-0.05, 0) is 75.8 Å². The first-order valence-corrected chi connectivity index (χ1v) is 18.5. The maximum Gasteiger partial charge on any atom is 0.164 e. The van der Waals surface area contributed by atoms with Gasteiger partial charge in [0.25, 0.3) is 0 Å². The number of fused-ring (bicyclic) bond motifs is 3. The lowest BCUT2D eigenvalue weighted by molar-refractivity contribution is 1.07. The number of hydrogen-bond donors (Lipinski definition) is 0. The molecule has 2 heterocycles.